The topological polar surface area (TPSA) is 63.6 Å². The van der Waals surface area contributed by atoms with Gasteiger partial charge in [-0.25, -0.2) is 8.42 Å². The lowest BCUT2D eigenvalue weighted by Crippen LogP contribution is -2.12. The van der Waals surface area contributed by atoms with Crippen LogP contribution in [0.2, 0.25) is 0 Å². The lowest BCUT2D eigenvalue weighted by Gasteiger charge is -2.09. The molecule has 0 fully saturated rings. The minimum Gasteiger partial charge on any atom is -0.492 e. The second kappa shape index (κ2) is 8.71. The van der Waals surface area contributed by atoms with Crippen molar-refractivity contribution in [2.75, 3.05) is 24.7 Å². The Balaban J connectivity index is 2.65. The maximum absolute atomic E-state index is 11.4. The van der Waals surface area contributed by atoms with Crippen molar-refractivity contribution >= 4 is 9.84 Å². The summed E-state index contributed by atoms with van der Waals surface area (Å²) in [5.74, 6) is 6.79. The van der Waals surface area contributed by atoms with Crippen LogP contribution >= 0.6 is 0 Å². The molecule has 1 rings (SSSR count). The number of aliphatic hydroxyl groups is 1. The first-order valence-corrected chi connectivity index (χ1v) is 8.84. The van der Waals surface area contributed by atoms with Gasteiger partial charge in [0.15, 0.2) is 0 Å². The lowest BCUT2D eigenvalue weighted by atomic mass is 10.1. The average Bonchev–Trinajstić information content (AvgIpc) is 2.45. The Bertz CT molecular complexity index is 609. The van der Waals surface area contributed by atoms with Gasteiger partial charge in [-0.15, -0.1) is 0 Å². The Morgan fingerprint density at radius 1 is 1.33 bits per heavy atom. The highest BCUT2D eigenvalue weighted by Gasteiger charge is 2.07. The van der Waals surface area contributed by atoms with E-state index in [0.717, 1.165) is 11.1 Å². The van der Waals surface area contributed by atoms with Crippen LogP contribution in [-0.4, -0.2) is 38.2 Å². The van der Waals surface area contributed by atoms with Gasteiger partial charge in [0.1, 0.15) is 15.6 Å². The van der Waals surface area contributed by atoms with Crippen molar-refractivity contribution in [1.29, 1.82) is 0 Å². The highest BCUT2D eigenvalue weighted by molar-refractivity contribution is 7.91. The van der Waals surface area contributed by atoms with Gasteiger partial charge in [0.05, 0.1) is 24.5 Å². The third kappa shape index (κ3) is 6.65. The molecule has 0 spiro atoms. The van der Waals surface area contributed by atoms with E-state index in [9.17, 15) is 8.42 Å². The van der Waals surface area contributed by atoms with Crippen LogP contribution in [0.5, 0.6) is 5.75 Å². The van der Waals surface area contributed by atoms with E-state index in [1.807, 2.05) is 25.1 Å². The van der Waals surface area contributed by atoms with Crippen molar-refractivity contribution in [1.82, 2.24) is 0 Å². The Morgan fingerprint density at radius 3 is 2.76 bits per heavy atom. The van der Waals surface area contributed by atoms with Crippen molar-refractivity contribution in [3.8, 4) is 17.6 Å². The number of ether oxygens (including phenoxy) is 1. The van der Waals surface area contributed by atoms with Gasteiger partial charge in [-0.05, 0) is 31.0 Å². The van der Waals surface area contributed by atoms with E-state index in [1.54, 1.807) is 6.92 Å². The lowest BCUT2D eigenvalue weighted by molar-refractivity contribution is 0.305. The first-order chi connectivity index (χ1) is 9.98. The number of hydrogen-bond donors (Lipinski definition) is 1. The van der Waals surface area contributed by atoms with E-state index < -0.39 is 9.84 Å². The third-order valence-corrected chi connectivity index (χ3v) is 4.68. The second-order valence-corrected chi connectivity index (χ2v) is 7.19. The van der Waals surface area contributed by atoms with Gasteiger partial charge in [0.2, 0.25) is 0 Å². The minimum absolute atomic E-state index is 0.0316. The number of hydrogen-bond acceptors (Lipinski definition) is 4. The molecule has 1 aromatic rings. The van der Waals surface area contributed by atoms with Crippen LogP contribution in [0.3, 0.4) is 0 Å². The Kier molecular flexibility index (Phi) is 7.27. The predicted octanol–water partition coefficient (Wildman–Crippen LogP) is 1.93. The Labute approximate surface area is 127 Å². The third-order valence-electron chi connectivity index (χ3n) is 2.89. The molecule has 0 unspecified atom stereocenters. The second-order valence-electron chi connectivity index (χ2n) is 4.71. The quantitative estimate of drug-likeness (QED) is 0.617. The van der Waals surface area contributed by atoms with E-state index >= 15 is 0 Å². The average molecular weight is 310 g/mol. The fourth-order valence-corrected chi connectivity index (χ4v) is 2.53. The molecular formula is C16H22O4S. The molecule has 0 radical (unpaired) electrons. The summed E-state index contributed by atoms with van der Waals surface area (Å²) in [6.07, 6.45) is 0.885. The number of benzene rings is 1. The van der Waals surface area contributed by atoms with Crippen molar-refractivity contribution in [3.05, 3.63) is 29.3 Å². The molecule has 0 amide bonds. The summed E-state index contributed by atoms with van der Waals surface area (Å²) in [6, 6.07) is 5.68. The monoisotopic (exact) mass is 310 g/mol. The fourth-order valence-electron chi connectivity index (χ4n) is 1.69. The van der Waals surface area contributed by atoms with Crippen molar-refractivity contribution in [2.24, 2.45) is 0 Å². The zero-order chi connectivity index (χ0) is 15.7. The number of rotatable bonds is 7. The molecule has 1 N–H and O–H groups in total. The molecule has 4 nitrogen and oxygen atoms in total. The van der Waals surface area contributed by atoms with E-state index in [-0.39, 0.29) is 18.1 Å². The summed E-state index contributed by atoms with van der Waals surface area (Å²) in [4.78, 5) is 0. The van der Waals surface area contributed by atoms with Gasteiger partial charge in [-0.1, -0.05) is 24.8 Å². The van der Waals surface area contributed by atoms with Crippen molar-refractivity contribution in [3.63, 3.8) is 0 Å². The Hall–Kier alpha value is -1.51. The summed E-state index contributed by atoms with van der Waals surface area (Å²) in [5, 5.41) is 8.75. The molecule has 0 aliphatic rings. The van der Waals surface area contributed by atoms with E-state index in [0.29, 0.717) is 25.2 Å². The molecule has 116 valence electrons. The van der Waals surface area contributed by atoms with Gasteiger partial charge >= 0.3 is 0 Å². The van der Waals surface area contributed by atoms with Gasteiger partial charge < -0.3 is 9.84 Å². The minimum atomic E-state index is -2.94. The molecule has 1 aromatic carbocycles. The first kappa shape index (κ1) is 17.5. The molecule has 21 heavy (non-hydrogen) atoms. The maximum atomic E-state index is 11.4. The largest absolute Gasteiger partial charge is 0.492 e. The summed E-state index contributed by atoms with van der Waals surface area (Å²) in [6.45, 7) is 3.99. The standard InChI is InChI=1S/C16H22O4S/c1-3-21(18,19)12-6-11-20-16-9-8-14(2)13-15(16)7-4-5-10-17/h8-9,13,17H,3,5-6,10-12H2,1-2H3. The zero-order valence-corrected chi connectivity index (χ0v) is 13.4. The molecule has 0 saturated heterocycles. The van der Waals surface area contributed by atoms with E-state index in [2.05, 4.69) is 11.8 Å². The van der Waals surface area contributed by atoms with Crippen molar-refractivity contribution in [2.45, 2.75) is 26.7 Å². The summed E-state index contributed by atoms with van der Waals surface area (Å²) < 4.78 is 28.4. The highest BCUT2D eigenvalue weighted by Crippen LogP contribution is 2.19. The van der Waals surface area contributed by atoms with Gasteiger partial charge in [-0.2, -0.15) is 0 Å². The molecule has 0 saturated carbocycles. The molecule has 0 aromatic heterocycles. The molecule has 5 heteroatoms. The van der Waals surface area contributed by atoms with Crippen LogP contribution in [-0.2, 0) is 9.84 Å². The van der Waals surface area contributed by atoms with Gasteiger partial charge in [0, 0.05) is 12.2 Å². The molecule has 0 aliphatic carbocycles. The van der Waals surface area contributed by atoms with Crippen LogP contribution in [0.15, 0.2) is 18.2 Å². The van der Waals surface area contributed by atoms with Crippen LogP contribution in [0.25, 0.3) is 0 Å². The van der Waals surface area contributed by atoms with Gasteiger partial charge in [-0.3, -0.25) is 0 Å². The van der Waals surface area contributed by atoms with Crippen LogP contribution in [0.1, 0.15) is 30.9 Å². The molecule has 0 atom stereocenters. The fraction of sp³-hybridized carbons (Fsp3) is 0.500. The van der Waals surface area contributed by atoms with Gasteiger partial charge in [0.25, 0.3) is 0 Å². The molecule has 0 heterocycles. The van der Waals surface area contributed by atoms with Crippen LogP contribution < -0.4 is 4.74 Å². The maximum Gasteiger partial charge on any atom is 0.150 e. The SMILES string of the molecule is CCS(=O)(=O)CCCOc1ccc(C)cc1C#CCCO. The van der Waals surface area contributed by atoms with E-state index in [1.165, 1.54) is 0 Å². The number of aliphatic hydroxyl groups excluding tert-OH is 1. The number of sulfone groups is 1. The van der Waals surface area contributed by atoms with Crippen LogP contribution in [0, 0.1) is 18.8 Å². The first-order valence-electron chi connectivity index (χ1n) is 7.02. The molecule has 0 bridgehead atoms. The molecule has 0 aliphatic heterocycles. The summed E-state index contributed by atoms with van der Waals surface area (Å²) in [5.41, 5.74) is 1.84. The Morgan fingerprint density at radius 2 is 2.10 bits per heavy atom. The summed E-state index contributed by atoms with van der Waals surface area (Å²) in [7, 11) is -2.94. The summed E-state index contributed by atoms with van der Waals surface area (Å²) >= 11 is 0. The van der Waals surface area contributed by atoms with Crippen LogP contribution in [0.4, 0.5) is 0 Å². The van der Waals surface area contributed by atoms with Crippen molar-refractivity contribution < 1.29 is 18.3 Å². The predicted molar refractivity (Wildman–Crippen MR) is 84.2 cm³/mol. The molecular weight excluding hydrogens is 288 g/mol. The van der Waals surface area contributed by atoms with E-state index in [4.69, 9.17) is 9.84 Å². The number of aryl methyl sites for hydroxylation is 1. The zero-order valence-electron chi connectivity index (χ0n) is 12.6. The smallest absolute Gasteiger partial charge is 0.150 e. The highest BCUT2D eigenvalue weighted by atomic mass is 32.2. The normalized spacial score (nSPS) is 10.8.